The molecule has 28 heavy (non-hydrogen) atoms. The van der Waals surface area contributed by atoms with Gasteiger partial charge in [-0.1, -0.05) is 6.07 Å². The van der Waals surface area contributed by atoms with Crippen molar-refractivity contribution in [2.45, 2.75) is 26.4 Å². The number of benzene rings is 1. The SMILES string of the molecule is CC(C)(C)OC(=O)Nc1cccc(-n2cc(-c3ncccn3)cc(I)c2=O)c1. The molecule has 0 saturated heterocycles. The summed E-state index contributed by atoms with van der Waals surface area (Å²) in [6.07, 6.45) is 4.43. The summed E-state index contributed by atoms with van der Waals surface area (Å²) < 4.78 is 7.31. The minimum absolute atomic E-state index is 0.172. The first-order valence-corrected chi connectivity index (χ1v) is 9.61. The monoisotopic (exact) mass is 490 g/mol. The van der Waals surface area contributed by atoms with E-state index in [-0.39, 0.29) is 5.56 Å². The summed E-state index contributed by atoms with van der Waals surface area (Å²) >= 11 is 1.99. The first-order chi connectivity index (χ1) is 13.2. The molecule has 1 N–H and O–H groups in total. The van der Waals surface area contributed by atoms with E-state index in [0.29, 0.717) is 20.8 Å². The summed E-state index contributed by atoms with van der Waals surface area (Å²) in [5.74, 6) is 0.525. The zero-order valence-corrected chi connectivity index (χ0v) is 17.8. The third-order valence-electron chi connectivity index (χ3n) is 3.57. The quantitative estimate of drug-likeness (QED) is 0.555. The highest BCUT2D eigenvalue weighted by molar-refractivity contribution is 14.1. The Bertz CT molecular complexity index is 1060. The van der Waals surface area contributed by atoms with Crippen molar-refractivity contribution in [1.29, 1.82) is 0 Å². The van der Waals surface area contributed by atoms with E-state index in [9.17, 15) is 9.59 Å². The molecule has 0 atom stereocenters. The van der Waals surface area contributed by atoms with Crippen molar-refractivity contribution in [3.63, 3.8) is 0 Å². The van der Waals surface area contributed by atoms with Gasteiger partial charge in [0.2, 0.25) is 0 Å². The van der Waals surface area contributed by atoms with Gasteiger partial charge in [-0.25, -0.2) is 14.8 Å². The molecule has 0 spiro atoms. The first-order valence-electron chi connectivity index (χ1n) is 8.53. The fourth-order valence-electron chi connectivity index (χ4n) is 2.47. The van der Waals surface area contributed by atoms with Crippen LogP contribution in [0.2, 0.25) is 0 Å². The number of carbonyl (C=O) groups is 1. The Morgan fingerprint density at radius 2 is 1.86 bits per heavy atom. The van der Waals surface area contributed by atoms with E-state index in [1.54, 1.807) is 75.8 Å². The van der Waals surface area contributed by atoms with E-state index >= 15 is 0 Å². The van der Waals surface area contributed by atoms with Gasteiger partial charge in [0.1, 0.15) is 5.60 Å². The number of carbonyl (C=O) groups excluding carboxylic acids is 1. The van der Waals surface area contributed by atoms with E-state index in [1.165, 1.54) is 4.57 Å². The number of amides is 1. The molecule has 0 aliphatic heterocycles. The Kier molecular flexibility index (Phi) is 5.78. The molecule has 2 aromatic heterocycles. The van der Waals surface area contributed by atoms with Crippen LogP contribution in [0, 0.1) is 3.57 Å². The van der Waals surface area contributed by atoms with Crippen molar-refractivity contribution in [3.05, 3.63) is 68.9 Å². The molecule has 0 unspecified atom stereocenters. The Labute approximate surface area is 175 Å². The van der Waals surface area contributed by atoms with Gasteiger partial charge in [-0.3, -0.25) is 14.7 Å². The third kappa shape index (κ3) is 4.94. The number of rotatable bonds is 3. The molecule has 144 valence electrons. The number of ether oxygens (including phenoxy) is 1. The van der Waals surface area contributed by atoms with Crippen molar-refractivity contribution >= 4 is 34.4 Å². The van der Waals surface area contributed by atoms with Crippen molar-refractivity contribution in [3.8, 4) is 17.1 Å². The van der Waals surface area contributed by atoms with E-state index in [4.69, 9.17) is 4.74 Å². The van der Waals surface area contributed by atoms with Gasteiger partial charge < -0.3 is 4.74 Å². The predicted molar refractivity (Wildman–Crippen MR) is 116 cm³/mol. The molecule has 0 aliphatic rings. The van der Waals surface area contributed by atoms with Gasteiger partial charge in [0.05, 0.1) is 9.26 Å². The smallest absolute Gasteiger partial charge is 0.412 e. The summed E-state index contributed by atoms with van der Waals surface area (Å²) in [6, 6.07) is 10.5. The maximum absolute atomic E-state index is 12.7. The first kappa shape index (κ1) is 20.0. The van der Waals surface area contributed by atoms with Crippen LogP contribution in [-0.4, -0.2) is 26.2 Å². The Morgan fingerprint density at radius 1 is 1.14 bits per heavy atom. The van der Waals surface area contributed by atoms with Gasteiger partial charge in [-0.05, 0) is 73.7 Å². The molecule has 3 rings (SSSR count). The maximum atomic E-state index is 12.7. The summed E-state index contributed by atoms with van der Waals surface area (Å²) in [7, 11) is 0. The molecule has 0 bridgehead atoms. The van der Waals surface area contributed by atoms with Crippen molar-refractivity contribution in [1.82, 2.24) is 14.5 Å². The number of halogens is 1. The number of aromatic nitrogens is 3. The molecule has 8 heteroatoms. The fraction of sp³-hybridized carbons (Fsp3) is 0.200. The molecule has 0 aliphatic carbocycles. The Morgan fingerprint density at radius 3 is 2.54 bits per heavy atom. The number of nitrogens with zero attached hydrogens (tertiary/aromatic N) is 3. The van der Waals surface area contributed by atoms with Crippen LogP contribution in [0.4, 0.5) is 10.5 Å². The highest BCUT2D eigenvalue weighted by Gasteiger charge is 2.16. The minimum Gasteiger partial charge on any atom is -0.444 e. The summed E-state index contributed by atoms with van der Waals surface area (Å²) in [5, 5.41) is 2.69. The average molecular weight is 490 g/mol. The standard InChI is InChI=1S/C20H19IN4O3/c1-20(2,3)28-19(27)24-14-6-4-7-15(11-14)25-12-13(10-16(21)18(25)26)17-22-8-5-9-23-17/h4-12H,1-3H3,(H,24,27). The Balaban J connectivity index is 1.97. The molecular formula is C20H19IN4O3. The molecule has 1 aromatic carbocycles. The zero-order chi connectivity index (χ0) is 20.3. The summed E-state index contributed by atoms with van der Waals surface area (Å²) in [6.45, 7) is 5.38. The number of anilines is 1. The molecule has 7 nitrogen and oxygen atoms in total. The second-order valence-corrected chi connectivity index (χ2v) is 8.16. The fourth-order valence-corrected chi connectivity index (χ4v) is 3.06. The topological polar surface area (TPSA) is 86.1 Å². The van der Waals surface area contributed by atoms with Crippen LogP contribution < -0.4 is 10.9 Å². The largest absolute Gasteiger partial charge is 0.444 e. The van der Waals surface area contributed by atoms with Crippen LogP contribution in [0.15, 0.2) is 59.8 Å². The molecule has 3 aromatic rings. The van der Waals surface area contributed by atoms with Crippen LogP contribution in [0.1, 0.15) is 20.8 Å². The van der Waals surface area contributed by atoms with Crippen molar-refractivity contribution in [2.75, 3.05) is 5.32 Å². The molecule has 0 saturated carbocycles. The number of hydrogen-bond acceptors (Lipinski definition) is 5. The molecule has 0 fully saturated rings. The van der Waals surface area contributed by atoms with Crippen LogP contribution in [-0.2, 0) is 4.74 Å². The molecule has 1 amide bonds. The summed E-state index contributed by atoms with van der Waals surface area (Å²) in [5.41, 5.74) is 1.08. The van der Waals surface area contributed by atoms with Gasteiger partial charge >= 0.3 is 6.09 Å². The van der Waals surface area contributed by atoms with E-state index in [1.807, 2.05) is 22.6 Å². The number of pyridine rings is 1. The van der Waals surface area contributed by atoms with Crippen molar-refractivity contribution < 1.29 is 9.53 Å². The predicted octanol–water partition coefficient (Wildman–Crippen LogP) is 4.25. The van der Waals surface area contributed by atoms with E-state index in [0.717, 1.165) is 5.56 Å². The van der Waals surface area contributed by atoms with Crippen LogP contribution in [0.25, 0.3) is 17.1 Å². The summed E-state index contributed by atoms with van der Waals surface area (Å²) in [4.78, 5) is 33.2. The van der Waals surface area contributed by atoms with Gasteiger partial charge in [-0.2, -0.15) is 0 Å². The second-order valence-electron chi connectivity index (χ2n) is 7.00. The third-order valence-corrected chi connectivity index (χ3v) is 4.34. The maximum Gasteiger partial charge on any atom is 0.412 e. The van der Waals surface area contributed by atoms with Crippen LogP contribution in [0.3, 0.4) is 0 Å². The zero-order valence-electron chi connectivity index (χ0n) is 15.6. The lowest BCUT2D eigenvalue weighted by atomic mass is 10.2. The van der Waals surface area contributed by atoms with Crippen molar-refractivity contribution in [2.24, 2.45) is 0 Å². The lowest BCUT2D eigenvalue weighted by Crippen LogP contribution is -2.27. The Hall–Kier alpha value is -2.75. The average Bonchev–Trinajstić information content (AvgIpc) is 2.63. The van der Waals surface area contributed by atoms with E-state index < -0.39 is 11.7 Å². The number of hydrogen-bond donors (Lipinski definition) is 1. The normalized spacial score (nSPS) is 11.1. The lowest BCUT2D eigenvalue weighted by Gasteiger charge is -2.20. The minimum atomic E-state index is -0.598. The second kappa shape index (κ2) is 8.09. The van der Waals surface area contributed by atoms with Gasteiger partial charge in [0.25, 0.3) is 5.56 Å². The van der Waals surface area contributed by atoms with Gasteiger partial charge in [0.15, 0.2) is 5.82 Å². The lowest BCUT2D eigenvalue weighted by molar-refractivity contribution is 0.0636. The molecular weight excluding hydrogens is 471 g/mol. The molecule has 0 radical (unpaired) electrons. The molecule has 2 heterocycles. The van der Waals surface area contributed by atoms with Gasteiger partial charge in [0, 0.05) is 29.8 Å². The highest BCUT2D eigenvalue weighted by atomic mass is 127. The van der Waals surface area contributed by atoms with Crippen LogP contribution in [0.5, 0.6) is 0 Å². The van der Waals surface area contributed by atoms with Gasteiger partial charge in [-0.15, -0.1) is 0 Å². The number of nitrogens with one attached hydrogen (secondary N) is 1. The van der Waals surface area contributed by atoms with E-state index in [2.05, 4.69) is 15.3 Å². The highest BCUT2D eigenvalue weighted by Crippen LogP contribution is 2.19. The van der Waals surface area contributed by atoms with Crippen LogP contribution >= 0.6 is 22.6 Å².